The first-order chi connectivity index (χ1) is 14.2. The number of rotatable bonds is 6. The molecule has 1 fully saturated rings. The maximum absolute atomic E-state index is 12.8. The van der Waals surface area contributed by atoms with Gasteiger partial charge in [-0.2, -0.15) is 4.98 Å². The van der Waals surface area contributed by atoms with Gasteiger partial charge in [0.25, 0.3) is 0 Å². The van der Waals surface area contributed by atoms with Crippen LogP contribution < -0.4 is 11.0 Å². The van der Waals surface area contributed by atoms with Crippen LogP contribution in [0.1, 0.15) is 61.8 Å². The Labute approximate surface area is 175 Å². The van der Waals surface area contributed by atoms with Gasteiger partial charge in [0.2, 0.25) is 5.91 Å². The predicted molar refractivity (Wildman–Crippen MR) is 114 cm³/mol. The van der Waals surface area contributed by atoms with E-state index >= 15 is 0 Å². The lowest BCUT2D eigenvalue weighted by molar-refractivity contribution is -0.119. The number of aromatic nitrogens is 3. The lowest BCUT2D eigenvalue weighted by atomic mass is 9.95. The molecule has 7 heteroatoms. The molecule has 0 radical (unpaired) electrons. The van der Waals surface area contributed by atoms with Crippen LogP contribution in [0.15, 0.2) is 34.3 Å². The van der Waals surface area contributed by atoms with Crippen LogP contribution in [0, 0.1) is 0 Å². The van der Waals surface area contributed by atoms with E-state index in [1.54, 1.807) is 17.0 Å². The van der Waals surface area contributed by atoms with Crippen molar-refractivity contribution >= 4 is 17.7 Å². The van der Waals surface area contributed by atoms with Gasteiger partial charge in [-0.1, -0.05) is 37.1 Å². The van der Waals surface area contributed by atoms with Gasteiger partial charge in [-0.05, 0) is 50.2 Å². The van der Waals surface area contributed by atoms with E-state index in [0.717, 1.165) is 60.4 Å². The highest BCUT2D eigenvalue weighted by atomic mass is 32.2. The number of carbonyl (C=O) groups excluding carboxylic acids is 1. The fraction of sp³-hybridized carbons (Fsp3) is 0.545. The van der Waals surface area contributed by atoms with E-state index in [2.05, 4.69) is 15.3 Å². The molecule has 2 aliphatic rings. The third kappa shape index (κ3) is 5.07. The van der Waals surface area contributed by atoms with Crippen LogP contribution in [0.5, 0.6) is 0 Å². The fourth-order valence-corrected chi connectivity index (χ4v) is 5.24. The number of hydrogen-bond acceptors (Lipinski definition) is 5. The lowest BCUT2D eigenvalue weighted by Gasteiger charge is -2.24. The second kappa shape index (κ2) is 9.57. The van der Waals surface area contributed by atoms with Crippen LogP contribution in [-0.4, -0.2) is 32.2 Å². The highest BCUT2D eigenvalue weighted by Crippen LogP contribution is 2.28. The fourth-order valence-electron chi connectivity index (χ4n) is 4.35. The maximum atomic E-state index is 12.8. The van der Waals surface area contributed by atoms with Crippen LogP contribution in [0.3, 0.4) is 0 Å². The first kappa shape index (κ1) is 20.1. The van der Waals surface area contributed by atoms with Gasteiger partial charge in [0.1, 0.15) is 5.03 Å². The zero-order valence-corrected chi connectivity index (χ0v) is 17.5. The number of hydrogen-bond donors (Lipinski definition) is 1. The van der Waals surface area contributed by atoms with Gasteiger partial charge >= 0.3 is 5.69 Å². The van der Waals surface area contributed by atoms with E-state index in [1.807, 2.05) is 12.1 Å². The van der Waals surface area contributed by atoms with E-state index in [-0.39, 0.29) is 11.6 Å². The second-order valence-corrected chi connectivity index (χ2v) is 8.93. The van der Waals surface area contributed by atoms with Gasteiger partial charge in [0, 0.05) is 29.7 Å². The molecular weight excluding hydrogens is 384 g/mol. The molecule has 0 unspecified atom stereocenters. The number of thioether (sulfide) groups is 1. The molecule has 1 saturated carbocycles. The van der Waals surface area contributed by atoms with Crippen LogP contribution in [-0.2, 0) is 24.2 Å². The van der Waals surface area contributed by atoms with Crippen molar-refractivity contribution < 1.29 is 4.79 Å². The first-order valence-electron chi connectivity index (χ1n) is 10.6. The van der Waals surface area contributed by atoms with Gasteiger partial charge < -0.3 is 5.32 Å². The van der Waals surface area contributed by atoms with Crippen LogP contribution in [0.4, 0.5) is 0 Å². The Morgan fingerprint density at radius 1 is 1.17 bits per heavy atom. The minimum absolute atomic E-state index is 0.0489. The molecule has 4 rings (SSSR count). The van der Waals surface area contributed by atoms with Crippen molar-refractivity contribution in [2.45, 2.75) is 75.4 Å². The summed E-state index contributed by atoms with van der Waals surface area (Å²) in [5.41, 5.74) is 2.99. The molecule has 2 aliphatic carbocycles. The van der Waals surface area contributed by atoms with E-state index in [4.69, 9.17) is 0 Å². The van der Waals surface area contributed by atoms with Gasteiger partial charge in [0.05, 0.1) is 12.3 Å². The summed E-state index contributed by atoms with van der Waals surface area (Å²) < 4.78 is 1.79. The normalized spacial score (nSPS) is 17.0. The molecule has 1 N–H and O–H groups in total. The molecule has 0 aromatic carbocycles. The van der Waals surface area contributed by atoms with E-state index in [1.165, 1.54) is 31.0 Å². The Morgan fingerprint density at radius 2 is 2.00 bits per heavy atom. The average molecular weight is 413 g/mol. The first-order valence-corrected chi connectivity index (χ1v) is 11.6. The molecule has 0 atom stereocenters. The number of carbonyl (C=O) groups is 1. The summed E-state index contributed by atoms with van der Waals surface area (Å²) in [6.45, 7) is 0.495. The van der Waals surface area contributed by atoms with Crippen molar-refractivity contribution in [1.82, 2.24) is 19.9 Å². The van der Waals surface area contributed by atoms with Crippen molar-refractivity contribution in [2.24, 2.45) is 0 Å². The molecule has 2 aromatic heterocycles. The van der Waals surface area contributed by atoms with E-state index in [0.29, 0.717) is 18.3 Å². The molecule has 154 valence electrons. The van der Waals surface area contributed by atoms with Gasteiger partial charge in [0.15, 0.2) is 0 Å². The summed E-state index contributed by atoms with van der Waals surface area (Å²) in [7, 11) is 0. The number of nitrogens with one attached hydrogen (secondary N) is 1. The molecule has 0 bridgehead atoms. The van der Waals surface area contributed by atoms with Crippen molar-refractivity contribution in [2.75, 3.05) is 5.75 Å². The summed E-state index contributed by atoms with van der Waals surface area (Å²) >= 11 is 1.41. The summed E-state index contributed by atoms with van der Waals surface area (Å²) in [6.07, 6.45) is 13.3. The SMILES string of the molecule is O=C(CSc1nc(=O)n(Cc2cccnc2)c2c1CCCC2)NC1CCCCC1. The third-order valence-corrected chi connectivity index (χ3v) is 6.84. The molecule has 2 aromatic rings. The zero-order valence-electron chi connectivity index (χ0n) is 16.7. The molecule has 6 nitrogen and oxygen atoms in total. The third-order valence-electron chi connectivity index (χ3n) is 5.82. The largest absolute Gasteiger partial charge is 0.353 e. The highest BCUT2D eigenvalue weighted by molar-refractivity contribution is 7.99. The Kier molecular flexibility index (Phi) is 6.64. The highest BCUT2D eigenvalue weighted by Gasteiger charge is 2.22. The molecule has 1 amide bonds. The number of amides is 1. The lowest BCUT2D eigenvalue weighted by Crippen LogP contribution is -2.37. The summed E-state index contributed by atoms with van der Waals surface area (Å²) in [4.78, 5) is 33.7. The molecule has 0 saturated heterocycles. The molecule has 0 aliphatic heterocycles. The van der Waals surface area contributed by atoms with Crippen LogP contribution in [0.25, 0.3) is 0 Å². The van der Waals surface area contributed by atoms with Crippen molar-refractivity contribution in [3.63, 3.8) is 0 Å². The Morgan fingerprint density at radius 3 is 2.79 bits per heavy atom. The topological polar surface area (TPSA) is 76.9 Å². The van der Waals surface area contributed by atoms with Crippen LogP contribution >= 0.6 is 11.8 Å². The van der Waals surface area contributed by atoms with E-state index in [9.17, 15) is 9.59 Å². The van der Waals surface area contributed by atoms with E-state index < -0.39 is 0 Å². The van der Waals surface area contributed by atoms with Gasteiger partial charge in [-0.15, -0.1) is 0 Å². The number of pyridine rings is 1. The standard InChI is InChI=1S/C22H28N4O2S/c27-20(24-17-8-2-1-3-9-17)15-29-21-18-10-4-5-11-19(18)26(22(28)25-21)14-16-7-6-12-23-13-16/h6-7,12-13,17H,1-5,8-11,14-15H2,(H,24,27). The van der Waals surface area contributed by atoms with Crippen LogP contribution in [0.2, 0.25) is 0 Å². The van der Waals surface area contributed by atoms with Crippen molar-refractivity contribution in [3.05, 3.63) is 51.8 Å². The zero-order chi connectivity index (χ0) is 20.1. The minimum atomic E-state index is -0.232. The number of fused-ring (bicyclic) bond motifs is 1. The van der Waals surface area contributed by atoms with Gasteiger partial charge in [-0.3, -0.25) is 14.3 Å². The molecule has 29 heavy (non-hydrogen) atoms. The van der Waals surface area contributed by atoms with Crippen molar-refractivity contribution in [3.8, 4) is 0 Å². The summed E-state index contributed by atoms with van der Waals surface area (Å²) in [5, 5.41) is 3.89. The van der Waals surface area contributed by atoms with Gasteiger partial charge in [-0.25, -0.2) is 4.79 Å². The summed E-state index contributed by atoms with van der Waals surface area (Å²) in [6, 6.07) is 4.17. The monoisotopic (exact) mass is 412 g/mol. The predicted octanol–water partition coefficient (Wildman–Crippen LogP) is 3.11. The number of nitrogens with zero attached hydrogens (tertiary/aromatic N) is 3. The average Bonchev–Trinajstić information content (AvgIpc) is 2.76. The molecular formula is C22H28N4O2S. The minimum Gasteiger partial charge on any atom is -0.353 e. The Bertz CT molecular complexity index is 907. The maximum Gasteiger partial charge on any atom is 0.349 e. The summed E-state index contributed by atoms with van der Waals surface area (Å²) in [5.74, 6) is 0.370. The van der Waals surface area contributed by atoms with Crippen molar-refractivity contribution in [1.29, 1.82) is 0 Å². The smallest absolute Gasteiger partial charge is 0.349 e. The molecule has 2 heterocycles. The second-order valence-electron chi connectivity index (χ2n) is 7.97. The Hall–Kier alpha value is -2.15. The quantitative estimate of drug-likeness (QED) is 0.583. The molecule has 0 spiro atoms. The Balaban J connectivity index is 1.49.